The number of ether oxygens (including phenoxy) is 1. The van der Waals surface area contributed by atoms with Gasteiger partial charge >= 0.3 is 45.2 Å². The zero-order chi connectivity index (χ0) is 20.9. The van der Waals surface area contributed by atoms with E-state index in [4.69, 9.17) is 20.3 Å². The third-order valence-corrected chi connectivity index (χ3v) is 5.83. The molecule has 0 amide bonds. The van der Waals surface area contributed by atoms with Crippen LogP contribution in [0.3, 0.4) is 0 Å². The molecule has 0 aliphatic carbocycles. The predicted octanol–water partition coefficient (Wildman–Crippen LogP) is -3.10. The molecule has 1 unspecified atom stereocenters. The van der Waals surface area contributed by atoms with Gasteiger partial charge in [0.2, 0.25) is 5.95 Å². The van der Waals surface area contributed by atoms with E-state index < -0.39 is 52.4 Å². The number of aromatic amines is 1. The zero-order valence-electron chi connectivity index (χ0n) is 13.6. The van der Waals surface area contributed by atoms with Crippen molar-refractivity contribution in [3.8, 4) is 0 Å². The topological polar surface area (TPSA) is 253 Å². The molecular formula is C10H16N5NaO11P2. The van der Waals surface area contributed by atoms with Crippen LogP contribution in [0.4, 0.5) is 5.95 Å². The predicted molar refractivity (Wildman–Crippen MR) is 94.5 cm³/mol. The van der Waals surface area contributed by atoms with Crippen LogP contribution < -0.4 is 11.3 Å². The Labute approximate surface area is 182 Å². The number of nitrogens with one attached hydrogen (secondary N) is 1. The average molecular weight is 467 g/mol. The molecule has 0 spiro atoms. The molecule has 0 radical (unpaired) electrons. The van der Waals surface area contributed by atoms with Crippen LogP contribution >= 0.6 is 15.6 Å². The Morgan fingerprint density at radius 2 is 1.93 bits per heavy atom. The maximum absolute atomic E-state index is 11.8. The van der Waals surface area contributed by atoms with E-state index in [-0.39, 0.29) is 46.7 Å². The van der Waals surface area contributed by atoms with Crippen molar-refractivity contribution in [3.63, 3.8) is 0 Å². The van der Waals surface area contributed by atoms with Gasteiger partial charge in [-0.3, -0.25) is 18.9 Å². The Balaban J connectivity index is 0.00000300. The molecule has 0 saturated carbocycles. The summed E-state index contributed by atoms with van der Waals surface area (Å²) >= 11 is 0. The summed E-state index contributed by atoms with van der Waals surface area (Å²) in [5.41, 5.74) is 4.65. The van der Waals surface area contributed by atoms with Crippen LogP contribution in [0.25, 0.3) is 11.2 Å². The molecule has 3 heterocycles. The Morgan fingerprint density at radius 1 is 1.28 bits per heavy atom. The van der Waals surface area contributed by atoms with E-state index in [1.807, 2.05) is 0 Å². The number of aliphatic hydroxyl groups excluding tert-OH is 2. The summed E-state index contributed by atoms with van der Waals surface area (Å²) in [6.45, 7) is -0.870. The standard InChI is InChI=1S/C10H15N5O11P2.Na.H/c11-10-13-7-4(8(18)14-10)12-2-15(7)9-6(17)5(16)3(25-9)1-24-28(22,23)26-27(19,20)21;;/h2-3,5-6,9,16-17H,1H2,(H,22,23)(H2,19,20,21)(H3,11,13,14,18);;/t3-,5-,6-,9-;;/m1../s1. The first-order chi connectivity index (χ1) is 12.9. The van der Waals surface area contributed by atoms with Gasteiger partial charge in [-0.05, 0) is 0 Å². The van der Waals surface area contributed by atoms with Gasteiger partial charge in [-0.2, -0.15) is 9.29 Å². The van der Waals surface area contributed by atoms with Crippen molar-refractivity contribution < 1.29 is 47.6 Å². The molecule has 16 nitrogen and oxygen atoms in total. The van der Waals surface area contributed by atoms with Gasteiger partial charge in [0, 0.05) is 0 Å². The first-order valence-corrected chi connectivity index (χ1v) is 10.4. The molecule has 0 bridgehead atoms. The van der Waals surface area contributed by atoms with Crippen molar-refractivity contribution in [1.29, 1.82) is 0 Å². The van der Waals surface area contributed by atoms with E-state index in [1.165, 1.54) is 0 Å². The molecule has 1 aliphatic rings. The van der Waals surface area contributed by atoms with E-state index in [9.17, 15) is 29.0 Å². The summed E-state index contributed by atoms with van der Waals surface area (Å²) in [6.07, 6.45) is -4.88. The molecule has 1 fully saturated rings. The molecular weight excluding hydrogens is 451 g/mol. The molecule has 2 aromatic rings. The van der Waals surface area contributed by atoms with E-state index >= 15 is 0 Å². The van der Waals surface area contributed by atoms with Crippen molar-refractivity contribution in [2.75, 3.05) is 12.3 Å². The number of hydrogen-bond donors (Lipinski definition) is 7. The molecule has 8 N–H and O–H groups in total. The minimum atomic E-state index is -5.32. The van der Waals surface area contributed by atoms with Gasteiger partial charge in [-0.25, -0.2) is 14.1 Å². The normalized spacial score (nSPS) is 26.9. The SMILES string of the molecule is Nc1nc2c(ncn2[C@@H]2O[C@H](COP(=O)(O)OP(=O)(O)O)[C@@H](O)[C@H]2O)c(=O)[nH]1.[NaH]. The number of aliphatic hydroxyl groups is 2. The Kier molecular flexibility index (Phi) is 7.45. The van der Waals surface area contributed by atoms with Crippen molar-refractivity contribution >= 4 is 62.3 Å². The van der Waals surface area contributed by atoms with Crippen LogP contribution in [0.5, 0.6) is 0 Å². The quantitative estimate of drug-likeness (QED) is 0.164. The number of rotatable bonds is 6. The third kappa shape index (κ3) is 5.51. The van der Waals surface area contributed by atoms with Crippen molar-refractivity contribution in [2.24, 2.45) is 0 Å². The monoisotopic (exact) mass is 467 g/mol. The number of nitrogen functional groups attached to an aromatic ring is 1. The summed E-state index contributed by atoms with van der Waals surface area (Å²) in [4.78, 5) is 48.1. The Hall–Kier alpha value is -0.710. The van der Waals surface area contributed by atoms with Crippen LogP contribution in [0.2, 0.25) is 0 Å². The second-order valence-electron chi connectivity index (χ2n) is 5.66. The minimum absolute atomic E-state index is 0. The molecule has 158 valence electrons. The van der Waals surface area contributed by atoms with Crippen molar-refractivity contribution in [2.45, 2.75) is 24.5 Å². The van der Waals surface area contributed by atoms with Gasteiger partial charge in [-0.15, -0.1) is 0 Å². The number of anilines is 1. The van der Waals surface area contributed by atoms with Crippen molar-refractivity contribution in [1.82, 2.24) is 19.5 Å². The summed E-state index contributed by atoms with van der Waals surface area (Å²) in [6, 6.07) is 0. The fraction of sp³-hybridized carbons (Fsp3) is 0.500. The van der Waals surface area contributed by atoms with Crippen LogP contribution in [0.15, 0.2) is 11.1 Å². The Morgan fingerprint density at radius 3 is 2.55 bits per heavy atom. The average Bonchev–Trinajstić information content (AvgIpc) is 3.06. The third-order valence-electron chi connectivity index (χ3n) is 3.67. The summed E-state index contributed by atoms with van der Waals surface area (Å²) < 4.78 is 36.6. The number of hydrogen-bond acceptors (Lipinski definition) is 11. The number of nitrogens with zero attached hydrogens (tertiary/aromatic N) is 3. The van der Waals surface area contributed by atoms with Gasteiger partial charge < -0.3 is 35.4 Å². The van der Waals surface area contributed by atoms with Gasteiger partial charge in [0.25, 0.3) is 5.56 Å². The summed E-state index contributed by atoms with van der Waals surface area (Å²) in [5, 5.41) is 20.3. The number of nitrogens with two attached hydrogens (primary N) is 1. The molecule has 1 aliphatic heterocycles. The number of phosphoric acid groups is 2. The van der Waals surface area contributed by atoms with E-state index in [0.717, 1.165) is 10.9 Å². The fourth-order valence-electron chi connectivity index (χ4n) is 2.55. The second kappa shape index (κ2) is 8.80. The van der Waals surface area contributed by atoms with Crippen LogP contribution in [-0.2, 0) is 22.7 Å². The number of H-pyrrole nitrogens is 1. The molecule has 1 saturated heterocycles. The van der Waals surface area contributed by atoms with E-state index in [2.05, 4.69) is 23.8 Å². The van der Waals surface area contributed by atoms with Gasteiger partial charge in [0.05, 0.1) is 12.9 Å². The van der Waals surface area contributed by atoms with Gasteiger partial charge in [0.1, 0.15) is 18.3 Å². The summed E-state index contributed by atoms with van der Waals surface area (Å²) in [5.74, 6) is -0.233. The first kappa shape index (κ1) is 24.6. The molecule has 5 atom stereocenters. The molecule has 0 aromatic carbocycles. The van der Waals surface area contributed by atoms with Gasteiger partial charge in [-0.1, -0.05) is 0 Å². The van der Waals surface area contributed by atoms with E-state index in [1.54, 1.807) is 0 Å². The molecule has 19 heteroatoms. The molecule has 3 rings (SSSR count). The van der Waals surface area contributed by atoms with Crippen LogP contribution in [-0.4, -0.2) is 98.9 Å². The fourth-order valence-corrected chi connectivity index (χ4v) is 4.15. The van der Waals surface area contributed by atoms with E-state index in [0.29, 0.717) is 0 Å². The zero-order valence-corrected chi connectivity index (χ0v) is 15.4. The summed E-state index contributed by atoms with van der Waals surface area (Å²) in [7, 11) is -10.5. The first-order valence-electron chi connectivity index (χ1n) is 7.36. The Bertz CT molecular complexity index is 1040. The maximum atomic E-state index is 11.8. The van der Waals surface area contributed by atoms with Crippen LogP contribution in [0.1, 0.15) is 6.23 Å². The van der Waals surface area contributed by atoms with Crippen LogP contribution in [0, 0.1) is 0 Å². The second-order valence-corrected chi connectivity index (χ2v) is 8.49. The number of phosphoric ester groups is 1. The number of fused-ring (bicyclic) bond motifs is 1. The van der Waals surface area contributed by atoms with Crippen molar-refractivity contribution in [3.05, 3.63) is 16.7 Å². The van der Waals surface area contributed by atoms with Gasteiger partial charge in [0.15, 0.2) is 17.4 Å². The number of imidazole rings is 1. The number of aromatic nitrogens is 4. The molecule has 2 aromatic heterocycles. The molecule has 29 heavy (non-hydrogen) atoms.